The summed E-state index contributed by atoms with van der Waals surface area (Å²) in [6.07, 6.45) is 5.60. The largest absolute Gasteiger partial charge is 0.481 e. The number of benzene rings is 1. The van der Waals surface area contributed by atoms with E-state index in [0.29, 0.717) is 11.6 Å². The second kappa shape index (κ2) is 10.9. The summed E-state index contributed by atoms with van der Waals surface area (Å²) in [6.45, 7) is 3.63. The first kappa shape index (κ1) is 26.9. The smallest absolute Gasteiger partial charge is 0.333 e. The predicted octanol–water partition coefficient (Wildman–Crippen LogP) is 3.12. The maximum Gasteiger partial charge on any atom is 0.333 e. The van der Waals surface area contributed by atoms with Crippen LogP contribution in [-0.4, -0.2) is 60.7 Å². The number of aryl methyl sites for hydroxylation is 1. The van der Waals surface area contributed by atoms with Crippen molar-refractivity contribution in [2.75, 3.05) is 12.4 Å². The van der Waals surface area contributed by atoms with Gasteiger partial charge in [0.1, 0.15) is 0 Å². The van der Waals surface area contributed by atoms with Gasteiger partial charge in [-0.2, -0.15) is 0 Å². The van der Waals surface area contributed by atoms with Gasteiger partial charge in [-0.3, -0.25) is 4.79 Å². The standard InChI is InChI=1S/C24H26N4O5S.Na/c1-15(2)28-12-10-18(14-22(28)29)34(31,32)27-24(30)26-23-19-6-4-5-16(19)7-8-20(23)17-9-11-25-21(13-17)33-3;/h7-15H,4-6H2,1-3H3,(H2,26,27,30);. The number of methoxy groups -OCH3 is 1. The number of urea groups is 1. The van der Waals surface area contributed by atoms with E-state index in [2.05, 4.69) is 10.3 Å². The van der Waals surface area contributed by atoms with Crippen LogP contribution in [0.1, 0.15) is 37.4 Å². The van der Waals surface area contributed by atoms with Crippen molar-refractivity contribution in [3.63, 3.8) is 0 Å². The summed E-state index contributed by atoms with van der Waals surface area (Å²) in [7, 11) is -2.73. The van der Waals surface area contributed by atoms with E-state index in [4.69, 9.17) is 4.74 Å². The number of fused-ring (bicyclic) bond motifs is 1. The molecule has 35 heavy (non-hydrogen) atoms. The first-order valence-electron chi connectivity index (χ1n) is 10.9. The number of rotatable bonds is 6. The zero-order chi connectivity index (χ0) is 24.5. The number of hydrogen-bond acceptors (Lipinski definition) is 6. The second-order valence-electron chi connectivity index (χ2n) is 8.33. The SMILES string of the molecule is COc1cc(-c2ccc3c(c2NC(=O)NS(=O)(=O)c2ccn(C(C)C)c(=O)c2)CCC3)ccn1.[Na]. The van der Waals surface area contributed by atoms with Gasteiger partial charge in [-0.05, 0) is 61.9 Å². The zero-order valence-corrected chi connectivity index (χ0v) is 23.0. The number of amides is 2. The molecule has 179 valence electrons. The molecule has 2 amide bonds. The Bertz CT molecular complexity index is 1420. The zero-order valence-electron chi connectivity index (χ0n) is 20.2. The Morgan fingerprint density at radius 1 is 1.14 bits per heavy atom. The minimum atomic E-state index is -4.25. The molecule has 0 bridgehead atoms. The summed E-state index contributed by atoms with van der Waals surface area (Å²) in [4.78, 5) is 28.9. The molecule has 0 atom stereocenters. The molecule has 9 nitrogen and oxygen atoms in total. The molecular weight excluding hydrogens is 479 g/mol. The van der Waals surface area contributed by atoms with Crippen LogP contribution >= 0.6 is 0 Å². The summed E-state index contributed by atoms with van der Waals surface area (Å²) in [5, 5.41) is 2.74. The molecule has 2 aromatic heterocycles. The summed E-state index contributed by atoms with van der Waals surface area (Å²) in [6, 6.07) is 8.74. The molecule has 0 fully saturated rings. The third kappa shape index (κ3) is 5.78. The van der Waals surface area contributed by atoms with E-state index >= 15 is 0 Å². The summed E-state index contributed by atoms with van der Waals surface area (Å²) in [5.41, 5.74) is 3.67. The van der Waals surface area contributed by atoms with Crippen LogP contribution in [-0.2, 0) is 22.9 Å². The van der Waals surface area contributed by atoms with Gasteiger partial charge in [-0.25, -0.2) is 22.9 Å². The quantitative estimate of drug-likeness (QED) is 0.497. The van der Waals surface area contributed by atoms with Gasteiger partial charge in [0.25, 0.3) is 15.6 Å². The number of carbonyl (C=O) groups is 1. The van der Waals surface area contributed by atoms with Crippen molar-refractivity contribution in [3.8, 4) is 17.0 Å². The molecule has 0 aliphatic heterocycles. The monoisotopic (exact) mass is 505 g/mol. The number of sulfonamides is 1. The summed E-state index contributed by atoms with van der Waals surface area (Å²) >= 11 is 0. The Hall–Kier alpha value is -2.66. The third-order valence-electron chi connectivity index (χ3n) is 5.79. The van der Waals surface area contributed by atoms with Crippen LogP contribution in [0.5, 0.6) is 5.88 Å². The van der Waals surface area contributed by atoms with E-state index in [1.54, 1.807) is 18.3 Å². The molecule has 0 saturated heterocycles. The fourth-order valence-corrected chi connectivity index (χ4v) is 5.03. The molecule has 1 aliphatic rings. The van der Waals surface area contributed by atoms with E-state index < -0.39 is 21.6 Å². The molecule has 0 unspecified atom stereocenters. The van der Waals surface area contributed by atoms with Crippen molar-refractivity contribution >= 4 is 51.3 Å². The first-order chi connectivity index (χ1) is 16.2. The fraction of sp³-hybridized carbons (Fsp3) is 0.292. The van der Waals surface area contributed by atoms with Crippen LogP contribution < -0.4 is 20.3 Å². The number of aromatic nitrogens is 2. The van der Waals surface area contributed by atoms with E-state index in [1.165, 1.54) is 23.9 Å². The molecule has 2 heterocycles. The molecule has 1 aliphatic carbocycles. The molecule has 11 heteroatoms. The Kier molecular flexibility index (Phi) is 8.42. The maximum atomic E-state index is 12.8. The average molecular weight is 506 g/mol. The Morgan fingerprint density at radius 2 is 1.91 bits per heavy atom. The van der Waals surface area contributed by atoms with Crippen molar-refractivity contribution < 1.29 is 17.9 Å². The van der Waals surface area contributed by atoms with Gasteiger partial charge >= 0.3 is 6.03 Å². The number of carbonyl (C=O) groups excluding carboxylic acids is 1. The van der Waals surface area contributed by atoms with Gasteiger partial charge in [0.05, 0.1) is 17.7 Å². The molecule has 0 saturated carbocycles. The Labute approximate surface area is 226 Å². The molecular formula is C24H26N4NaO5S. The minimum Gasteiger partial charge on any atom is -0.481 e. The van der Waals surface area contributed by atoms with Crippen LogP contribution in [0.15, 0.2) is 58.5 Å². The van der Waals surface area contributed by atoms with Gasteiger partial charge < -0.3 is 14.6 Å². The second-order valence-corrected chi connectivity index (χ2v) is 10.0. The van der Waals surface area contributed by atoms with Gasteiger partial charge in [-0.1, -0.05) is 12.1 Å². The fourth-order valence-electron chi connectivity index (χ4n) is 4.12. The van der Waals surface area contributed by atoms with Crippen molar-refractivity contribution in [3.05, 3.63) is 70.3 Å². The normalized spacial score (nSPS) is 12.6. The molecule has 1 radical (unpaired) electrons. The summed E-state index contributed by atoms with van der Waals surface area (Å²) < 4.78 is 34.2. The maximum absolute atomic E-state index is 12.8. The number of nitrogens with one attached hydrogen (secondary N) is 2. The van der Waals surface area contributed by atoms with E-state index in [1.807, 2.05) is 30.7 Å². The van der Waals surface area contributed by atoms with Crippen LogP contribution in [0.3, 0.4) is 0 Å². The van der Waals surface area contributed by atoms with Crippen LogP contribution in [0.25, 0.3) is 11.1 Å². The Morgan fingerprint density at radius 3 is 2.60 bits per heavy atom. The van der Waals surface area contributed by atoms with E-state index in [0.717, 1.165) is 47.6 Å². The minimum absolute atomic E-state index is 0. The van der Waals surface area contributed by atoms with Gasteiger partial charge in [-0.15, -0.1) is 0 Å². The van der Waals surface area contributed by atoms with Gasteiger partial charge in [0.2, 0.25) is 5.88 Å². The number of ether oxygens (including phenoxy) is 1. The molecule has 3 aromatic rings. The topological polar surface area (TPSA) is 119 Å². The molecule has 4 rings (SSSR count). The van der Waals surface area contributed by atoms with Crippen LogP contribution in [0.2, 0.25) is 0 Å². The number of pyridine rings is 2. The third-order valence-corrected chi connectivity index (χ3v) is 7.12. The van der Waals surface area contributed by atoms with E-state index in [9.17, 15) is 18.0 Å². The van der Waals surface area contributed by atoms with Crippen molar-refractivity contribution in [1.82, 2.24) is 14.3 Å². The average Bonchev–Trinajstić information content (AvgIpc) is 3.28. The first-order valence-corrected chi connectivity index (χ1v) is 12.4. The van der Waals surface area contributed by atoms with Crippen LogP contribution in [0.4, 0.5) is 10.5 Å². The van der Waals surface area contributed by atoms with E-state index in [-0.39, 0.29) is 40.5 Å². The van der Waals surface area contributed by atoms with Crippen molar-refractivity contribution in [1.29, 1.82) is 0 Å². The molecule has 1 aromatic carbocycles. The predicted molar refractivity (Wildman–Crippen MR) is 134 cm³/mol. The van der Waals surface area contributed by atoms with Crippen LogP contribution in [0, 0.1) is 0 Å². The van der Waals surface area contributed by atoms with Crippen molar-refractivity contribution in [2.24, 2.45) is 0 Å². The molecule has 2 N–H and O–H groups in total. The summed E-state index contributed by atoms with van der Waals surface area (Å²) in [5.74, 6) is 0.423. The number of anilines is 1. The van der Waals surface area contributed by atoms with Gasteiger partial charge in [0.15, 0.2) is 0 Å². The van der Waals surface area contributed by atoms with Crippen molar-refractivity contribution in [2.45, 2.75) is 44.0 Å². The molecule has 0 spiro atoms. The van der Waals surface area contributed by atoms with Gasteiger partial charge in [0, 0.05) is 65.7 Å². The number of hydrogen-bond donors (Lipinski definition) is 2. The Balaban J connectivity index is 0.00000342. The number of nitrogens with zero attached hydrogens (tertiary/aromatic N) is 2.